The van der Waals surface area contributed by atoms with Crippen molar-refractivity contribution in [1.82, 2.24) is 0 Å². The van der Waals surface area contributed by atoms with Crippen LogP contribution < -0.4 is 5.73 Å². The van der Waals surface area contributed by atoms with Crippen molar-refractivity contribution < 1.29 is 34.7 Å². The molecule has 8 nitrogen and oxygen atoms in total. The van der Waals surface area contributed by atoms with Gasteiger partial charge >= 0.3 is 5.97 Å². The van der Waals surface area contributed by atoms with Gasteiger partial charge in [-0.1, -0.05) is 0 Å². The molecular formula is C9H17NO7. The molecule has 0 aromatic carbocycles. The summed E-state index contributed by atoms with van der Waals surface area (Å²) in [7, 11) is 0. The molecule has 0 aromatic heterocycles. The molecule has 6 N–H and O–H groups in total. The first kappa shape index (κ1) is 14.3. The van der Waals surface area contributed by atoms with Gasteiger partial charge in [-0.25, -0.2) is 0 Å². The number of hydrogen-bond acceptors (Lipinski definition) is 8. The summed E-state index contributed by atoms with van der Waals surface area (Å²) in [5.74, 6) is -0.825. The van der Waals surface area contributed by atoms with E-state index in [1.807, 2.05) is 0 Å². The lowest BCUT2D eigenvalue weighted by atomic mass is 9.99. The van der Waals surface area contributed by atoms with Gasteiger partial charge in [0.25, 0.3) is 0 Å². The molecule has 0 radical (unpaired) electrons. The number of ether oxygens (including phenoxy) is 2. The van der Waals surface area contributed by atoms with Gasteiger partial charge in [-0.05, 0) is 6.92 Å². The Morgan fingerprint density at radius 2 is 1.94 bits per heavy atom. The number of aliphatic hydroxyl groups excluding tert-OH is 4. The summed E-state index contributed by atoms with van der Waals surface area (Å²) in [5.41, 5.74) is 5.25. The molecule has 0 aromatic rings. The normalized spacial score (nSPS) is 39.8. The summed E-state index contributed by atoms with van der Waals surface area (Å²) in [6.45, 7) is 0.795. The second kappa shape index (κ2) is 5.71. The van der Waals surface area contributed by atoms with Crippen LogP contribution in [0.1, 0.15) is 6.92 Å². The van der Waals surface area contributed by atoms with Crippen molar-refractivity contribution in [2.75, 3.05) is 6.61 Å². The standard InChI is InChI=1S/C9H17NO7/c1-3(10)8(15)17-9-7(14)6(13)5(12)4(2-11)16-9/h3-7,9,11-14H,2,10H2,1H3/t3-,4+,5+,6-,7-,9?/m0/s1. The van der Waals surface area contributed by atoms with E-state index in [9.17, 15) is 20.1 Å². The number of esters is 1. The van der Waals surface area contributed by atoms with E-state index in [4.69, 9.17) is 20.3 Å². The number of carbonyl (C=O) groups excluding carboxylic acids is 1. The Labute approximate surface area is 97.6 Å². The van der Waals surface area contributed by atoms with Gasteiger partial charge in [-0.2, -0.15) is 0 Å². The van der Waals surface area contributed by atoms with Crippen LogP contribution in [-0.2, 0) is 14.3 Å². The topological polar surface area (TPSA) is 142 Å². The summed E-state index contributed by atoms with van der Waals surface area (Å²) < 4.78 is 9.64. The quantitative estimate of drug-likeness (QED) is 0.328. The van der Waals surface area contributed by atoms with Crippen LogP contribution in [0.5, 0.6) is 0 Å². The van der Waals surface area contributed by atoms with Crippen LogP contribution in [0.15, 0.2) is 0 Å². The van der Waals surface area contributed by atoms with E-state index in [-0.39, 0.29) is 0 Å². The molecule has 1 unspecified atom stereocenters. The summed E-state index contributed by atoms with van der Waals surface area (Å²) in [5, 5.41) is 37.3. The predicted molar refractivity (Wildman–Crippen MR) is 53.5 cm³/mol. The van der Waals surface area contributed by atoms with Crippen molar-refractivity contribution in [3.63, 3.8) is 0 Å². The largest absolute Gasteiger partial charge is 0.432 e. The van der Waals surface area contributed by atoms with E-state index in [2.05, 4.69) is 0 Å². The van der Waals surface area contributed by atoms with Crippen LogP contribution in [0.25, 0.3) is 0 Å². The van der Waals surface area contributed by atoms with Crippen molar-refractivity contribution in [3.05, 3.63) is 0 Å². The molecule has 0 amide bonds. The minimum absolute atomic E-state index is 0.586. The maximum atomic E-state index is 11.2. The van der Waals surface area contributed by atoms with Crippen molar-refractivity contribution in [3.8, 4) is 0 Å². The summed E-state index contributed by atoms with van der Waals surface area (Å²) in [6, 6.07) is -0.914. The Balaban J connectivity index is 2.69. The lowest BCUT2D eigenvalue weighted by molar-refractivity contribution is -0.292. The highest BCUT2D eigenvalue weighted by molar-refractivity contribution is 5.75. The maximum absolute atomic E-state index is 11.2. The molecule has 0 bridgehead atoms. The molecular weight excluding hydrogens is 234 g/mol. The first-order valence-electron chi connectivity index (χ1n) is 5.15. The Bertz CT molecular complexity index is 270. The van der Waals surface area contributed by atoms with Gasteiger partial charge in [-0.15, -0.1) is 0 Å². The third kappa shape index (κ3) is 3.12. The first-order valence-corrected chi connectivity index (χ1v) is 5.15. The number of hydrogen-bond donors (Lipinski definition) is 5. The Hall–Kier alpha value is -0.770. The third-order valence-electron chi connectivity index (χ3n) is 2.45. The molecule has 0 spiro atoms. The molecule has 6 atom stereocenters. The van der Waals surface area contributed by atoms with Gasteiger partial charge in [0, 0.05) is 0 Å². The lowest BCUT2D eigenvalue weighted by Gasteiger charge is -2.39. The molecule has 1 aliphatic heterocycles. The zero-order valence-electron chi connectivity index (χ0n) is 9.26. The van der Waals surface area contributed by atoms with Crippen LogP contribution in [0.2, 0.25) is 0 Å². The van der Waals surface area contributed by atoms with Crippen molar-refractivity contribution >= 4 is 5.97 Å². The number of rotatable bonds is 3. The Morgan fingerprint density at radius 1 is 1.35 bits per heavy atom. The van der Waals surface area contributed by atoms with Crippen LogP contribution in [0.3, 0.4) is 0 Å². The monoisotopic (exact) mass is 251 g/mol. The molecule has 1 rings (SSSR count). The van der Waals surface area contributed by atoms with E-state index in [1.54, 1.807) is 0 Å². The molecule has 1 aliphatic rings. The first-order chi connectivity index (χ1) is 7.88. The second-order valence-corrected chi connectivity index (χ2v) is 3.92. The Morgan fingerprint density at radius 3 is 2.41 bits per heavy atom. The summed E-state index contributed by atoms with van der Waals surface area (Å²) in [6.07, 6.45) is -7.24. The van der Waals surface area contributed by atoms with Crippen molar-refractivity contribution in [1.29, 1.82) is 0 Å². The fourth-order valence-corrected chi connectivity index (χ4v) is 1.39. The predicted octanol–water partition coefficient (Wildman–Crippen LogP) is -3.32. The summed E-state index contributed by atoms with van der Waals surface area (Å²) >= 11 is 0. The van der Waals surface area contributed by atoms with Gasteiger partial charge in [0.1, 0.15) is 30.5 Å². The lowest BCUT2D eigenvalue weighted by Crippen LogP contribution is -2.59. The zero-order chi connectivity index (χ0) is 13.2. The van der Waals surface area contributed by atoms with Gasteiger partial charge in [-0.3, -0.25) is 4.79 Å². The highest BCUT2D eigenvalue weighted by Crippen LogP contribution is 2.22. The average molecular weight is 251 g/mol. The molecule has 8 heteroatoms. The minimum Gasteiger partial charge on any atom is -0.432 e. The molecule has 1 fully saturated rings. The van der Waals surface area contributed by atoms with Crippen LogP contribution in [-0.4, -0.2) is 69.8 Å². The molecule has 0 aliphatic carbocycles. The highest BCUT2D eigenvalue weighted by atomic mass is 16.7. The second-order valence-electron chi connectivity index (χ2n) is 3.92. The number of nitrogens with two attached hydrogens (primary N) is 1. The maximum Gasteiger partial charge on any atom is 0.325 e. The molecule has 0 saturated carbocycles. The Kier molecular flexibility index (Phi) is 4.80. The number of aliphatic hydroxyl groups is 4. The van der Waals surface area contributed by atoms with E-state index >= 15 is 0 Å². The van der Waals surface area contributed by atoms with Gasteiger partial charge in [0.15, 0.2) is 0 Å². The fraction of sp³-hybridized carbons (Fsp3) is 0.889. The van der Waals surface area contributed by atoms with E-state index in [0.29, 0.717) is 0 Å². The van der Waals surface area contributed by atoms with Crippen molar-refractivity contribution in [2.24, 2.45) is 5.73 Å². The third-order valence-corrected chi connectivity index (χ3v) is 2.45. The molecule has 1 heterocycles. The summed E-state index contributed by atoms with van der Waals surface area (Å²) in [4.78, 5) is 11.2. The molecule has 17 heavy (non-hydrogen) atoms. The van der Waals surface area contributed by atoms with Crippen LogP contribution in [0, 0.1) is 0 Å². The van der Waals surface area contributed by atoms with E-state index in [1.165, 1.54) is 6.92 Å². The highest BCUT2D eigenvalue weighted by Gasteiger charge is 2.45. The van der Waals surface area contributed by atoms with Crippen LogP contribution >= 0.6 is 0 Å². The van der Waals surface area contributed by atoms with Gasteiger partial charge in [0.2, 0.25) is 6.29 Å². The smallest absolute Gasteiger partial charge is 0.325 e. The van der Waals surface area contributed by atoms with Gasteiger partial charge in [0.05, 0.1) is 6.61 Å². The molecule has 1 saturated heterocycles. The van der Waals surface area contributed by atoms with E-state index in [0.717, 1.165) is 0 Å². The van der Waals surface area contributed by atoms with Gasteiger partial charge < -0.3 is 35.6 Å². The fourth-order valence-electron chi connectivity index (χ4n) is 1.39. The number of carbonyl (C=O) groups is 1. The van der Waals surface area contributed by atoms with E-state index < -0.39 is 49.3 Å². The zero-order valence-corrected chi connectivity index (χ0v) is 9.26. The SMILES string of the molecule is C[C@H](N)C(=O)OC1O[C@H](CO)[C@@H](O)[C@H](O)[C@@H]1O. The van der Waals surface area contributed by atoms with Crippen molar-refractivity contribution in [2.45, 2.75) is 43.7 Å². The average Bonchev–Trinajstić information content (AvgIpc) is 2.29. The van der Waals surface area contributed by atoms with Crippen LogP contribution in [0.4, 0.5) is 0 Å². The minimum atomic E-state index is -1.60. The molecule has 100 valence electrons.